The molecule has 22 heavy (non-hydrogen) atoms. The van der Waals surface area contributed by atoms with Crippen LogP contribution in [0.1, 0.15) is 12.5 Å². The Bertz CT molecular complexity index is 631. The van der Waals surface area contributed by atoms with Gasteiger partial charge in [-0.1, -0.05) is 29.8 Å². The van der Waals surface area contributed by atoms with E-state index in [-0.39, 0.29) is 12.5 Å². The number of hydrogen-bond acceptors (Lipinski definition) is 3. The normalized spacial score (nSPS) is 10.1. The second-order valence-electron chi connectivity index (χ2n) is 4.60. The van der Waals surface area contributed by atoms with Gasteiger partial charge < -0.3 is 14.8 Å². The van der Waals surface area contributed by atoms with E-state index in [1.165, 1.54) is 0 Å². The third-order valence-electron chi connectivity index (χ3n) is 2.87. The minimum Gasteiger partial charge on any atom is -0.494 e. The molecule has 0 aliphatic carbocycles. The van der Waals surface area contributed by atoms with Crippen molar-refractivity contribution in [3.8, 4) is 11.5 Å². The average molecular weight is 320 g/mol. The van der Waals surface area contributed by atoms with Gasteiger partial charge in [-0.3, -0.25) is 4.79 Å². The molecule has 0 spiro atoms. The van der Waals surface area contributed by atoms with Gasteiger partial charge in [0.2, 0.25) is 0 Å². The van der Waals surface area contributed by atoms with Crippen molar-refractivity contribution in [3.63, 3.8) is 0 Å². The van der Waals surface area contributed by atoms with Gasteiger partial charge in [0.15, 0.2) is 6.61 Å². The van der Waals surface area contributed by atoms with Crippen molar-refractivity contribution >= 4 is 17.5 Å². The van der Waals surface area contributed by atoms with E-state index in [2.05, 4.69) is 5.32 Å². The van der Waals surface area contributed by atoms with E-state index in [0.29, 0.717) is 23.9 Å². The lowest BCUT2D eigenvalue weighted by Crippen LogP contribution is -2.28. The van der Waals surface area contributed by atoms with Crippen molar-refractivity contribution in [1.29, 1.82) is 0 Å². The van der Waals surface area contributed by atoms with Crippen LogP contribution >= 0.6 is 11.6 Å². The van der Waals surface area contributed by atoms with Crippen molar-refractivity contribution in [1.82, 2.24) is 5.32 Å². The minimum absolute atomic E-state index is 0.0501. The van der Waals surface area contributed by atoms with Crippen LogP contribution in [-0.4, -0.2) is 19.1 Å². The molecule has 0 heterocycles. The first-order valence-corrected chi connectivity index (χ1v) is 7.42. The van der Waals surface area contributed by atoms with Crippen molar-refractivity contribution in [2.75, 3.05) is 13.2 Å². The highest BCUT2D eigenvalue weighted by molar-refractivity contribution is 6.30. The summed E-state index contributed by atoms with van der Waals surface area (Å²) in [5, 5.41) is 3.38. The molecule has 0 aromatic heterocycles. The third kappa shape index (κ3) is 5.30. The van der Waals surface area contributed by atoms with Crippen LogP contribution in [-0.2, 0) is 11.3 Å². The quantitative estimate of drug-likeness (QED) is 0.850. The second-order valence-corrected chi connectivity index (χ2v) is 5.04. The van der Waals surface area contributed by atoms with E-state index in [9.17, 15) is 4.79 Å². The Morgan fingerprint density at radius 2 is 1.82 bits per heavy atom. The van der Waals surface area contributed by atoms with Crippen LogP contribution in [0.4, 0.5) is 0 Å². The fourth-order valence-corrected chi connectivity index (χ4v) is 2.05. The average Bonchev–Trinajstić information content (AvgIpc) is 2.52. The summed E-state index contributed by atoms with van der Waals surface area (Å²) in [5.41, 5.74) is 0.974. The van der Waals surface area contributed by atoms with Crippen LogP contribution in [0.25, 0.3) is 0 Å². The summed E-state index contributed by atoms with van der Waals surface area (Å²) < 4.78 is 10.8. The molecule has 1 amide bonds. The predicted molar refractivity (Wildman–Crippen MR) is 86.4 cm³/mol. The fraction of sp³-hybridized carbons (Fsp3) is 0.235. The number of rotatable bonds is 7. The standard InChI is InChI=1S/C17H18ClNO3/c1-2-21-15-7-3-5-13(9-15)11-19-17(20)12-22-16-8-4-6-14(18)10-16/h3-10H,2,11-12H2,1H3,(H,19,20). The van der Waals surface area contributed by atoms with Gasteiger partial charge >= 0.3 is 0 Å². The summed E-state index contributed by atoms with van der Waals surface area (Å²) in [6, 6.07) is 14.6. The van der Waals surface area contributed by atoms with Crippen LogP contribution in [0.5, 0.6) is 11.5 Å². The van der Waals surface area contributed by atoms with Gasteiger partial charge in [0.1, 0.15) is 11.5 Å². The van der Waals surface area contributed by atoms with E-state index in [0.717, 1.165) is 11.3 Å². The lowest BCUT2D eigenvalue weighted by atomic mass is 10.2. The van der Waals surface area contributed by atoms with Crippen LogP contribution < -0.4 is 14.8 Å². The molecule has 4 nitrogen and oxygen atoms in total. The van der Waals surface area contributed by atoms with E-state index in [4.69, 9.17) is 21.1 Å². The van der Waals surface area contributed by atoms with Crippen LogP contribution in [0, 0.1) is 0 Å². The largest absolute Gasteiger partial charge is 0.494 e. The first-order valence-electron chi connectivity index (χ1n) is 7.04. The topological polar surface area (TPSA) is 47.6 Å². The highest BCUT2D eigenvalue weighted by Gasteiger charge is 2.04. The molecule has 2 aromatic carbocycles. The number of carbonyl (C=O) groups excluding carboxylic acids is 1. The maximum atomic E-state index is 11.8. The van der Waals surface area contributed by atoms with Gasteiger partial charge in [-0.2, -0.15) is 0 Å². The monoisotopic (exact) mass is 319 g/mol. The summed E-state index contributed by atoms with van der Waals surface area (Å²) in [6.45, 7) is 2.93. The zero-order chi connectivity index (χ0) is 15.8. The molecule has 0 radical (unpaired) electrons. The lowest BCUT2D eigenvalue weighted by Gasteiger charge is -2.09. The first-order chi connectivity index (χ1) is 10.7. The first kappa shape index (κ1) is 16.2. The van der Waals surface area contributed by atoms with Crippen LogP contribution in [0.2, 0.25) is 5.02 Å². The number of hydrogen-bond donors (Lipinski definition) is 1. The van der Waals surface area contributed by atoms with E-state index in [1.807, 2.05) is 31.2 Å². The molecular weight excluding hydrogens is 302 g/mol. The molecule has 0 atom stereocenters. The zero-order valence-corrected chi connectivity index (χ0v) is 13.1. The van der Waals surface area contributed by atoms with Crippen molar-refractivity contribution in [3.05, 3.63) is 59.1 Å². The third-order valence-corrected chi connectivity index (χ3v) is 3.10. The molecule has 2 aromatic rings. The number of benzene rings is 2. The molecule has 0 saturated heterocycles. The highest BCUT2D eigenvalue weighted by atomic mass is 35.5. The van der Waals surface area contributed by atoms with Gasteiger partial charge in [-0.05, 0) is 42.8 Å². The highest BCUT2D eigenvalue weighted by Crippen LogP contribution is 2.17. The Morgan fingerprint density at radius 3 is 2.55 bits per heavy atom. The maximum absolute atomic E-state index is 11.8. The number of ether oxygens (including phenoxy) is 2. The molecule has 0 bridgehead atoms. The Kier molecular flexibility index (Phi) is 6.10. The molecular formula is C17H18ClNO3. The Morgan fingerprint density at radius 1 is 1.09 bits per heavy atom. The molecule has 0 aliphatic rings. The Labute approximate surface area is 135 Å². The summed E-state index contributed by atoms with van der Waals surface area (Å²) >= 11 is 5.85. The summed E-state index contributed by atoms with van der Waals surface area (Å²) in [7, 11) is 0. The molecule has 0 fully saturated rings. The molecule has 0 aliphatic heterocycles. The SMILES string of the molecule is CCOc1cccc(CNC(=O)COc2cccc(Cl)c2)c1. The molecule has 2 rings (SSSR count). The molecule has 1 N–H and O–H groups in total. The molecule has 0 saturated carbocycles. The number of carbonyl (C=O) groups is 1. The zero-order valence-electron chi connectivity index (χ0n) is 12.3. The van der Waals surface area contributed by atoms with Gasteiger partial charge in [-0.15, -0.1) is 0 Å². The number of amides is 1. The maximum Gasteiger partial charge on any atom is 0.258 e. The smallest absolute Gasteiger partial charge is 0.258 e. The van der Waals surface area contributed by atoms with Crippen molar-refractivity contribution in [2.24, 2.45) is 0 Å². The number of nitrogens with one attached hydrogen (secondary N) is 1. The van der Waals surface area contributed by atoms with Gasteiger partial charge in [0.25, 0.3) is 5.91 Å². The predicted octanol–water partition coefficient (Wildman–Crippen LogP) is 3.43. The minimum atomic E-state index is -0.193. The lowest BCUT2D eigenvalue weighted by molar-refractivity contribution is -0.123. The van der Waals surface area contributed by atoms with Crippen LogP contribution in [0.3, 0.4) is 0 Å². The van der Waals surface area contributed by atoms with Crippen molar-refractivity contribution < 1.29 is 14.3 Å². The van der Waals surface area contributed by atoms with Crippen LogP contribution in [0.15, 0.2) is 48.5 Å². The van der Waals surface area contributed by atoms with Gasteiger partial charge in [0.05, 0.1) is 6.61 Å². The number of halogens is 1. The Balaban J connectivity index is 1.79. The summed E-state index contributed by atoms with van der Waals surface area (Å²) in [5.74, 6) is 1.17. The van der Waals surface area contributed by atoms with E-state index < -0.39 is 0 Å². The Hall–Kier alpha value is -2.20. The van der Waals surface area contributed by atoms with Crippen molar-refractivity contribution in [2.45, 2.75) is 13.5 Å². The van der Waals surface area contributed by atoms with E-state index in [1.54, 1.807) is 24.3 Å². The molecule has 5 heteroatoms. The van der Waals surface area contributed by atoms with Gasteiger partial charge in [-0.25, -0.2) is 0 Å². The van der Waals surface area contributed by atoms with E-state index >= 15 is 0 Å². The fourth-order valence-electron chi connectivity index (χ4n) is 1.87. The summed E-state index contributed by atoms with van der Waals surface area (Å²) in [4.78, 5) is 11.8. The molecule has 0 unspecified atom stereocenters. The van der Waals surface area contributed by atoms with Gasteiger partial charge in [0, 0.05) is 11.6 Å². The summed E-state index contributed by atoms with van der Waals surface area (Å²) in [6.07, 6.45) is 0. The molecule has 116 valence electrons. The second kappa shape index (κ2) is 8.29.